The summed E-state index contributed by atoms with van der Waals surface area (Å²) in [6.07, 6.45) is 13.7. The van der Waals surface area contributed by atoms with Gasteiger partial charge in [0.2, 0.25) is 0 Å². The molecule has 21 heavy (non-hydrogen) atoms. The Bertz CT molecular complexity index is 261. The van der Waals surface area contributed by atoms with E-state index in [0.717, 1.165) is 6.04 Å². The predicted molar refractivity (Wildman–Crippen MR) is 91.6 cm³/mol. The Morgan fingerprint density at radius 1 is 0.857 bits per heavy atom. The molecule has 0 radical (unpaired) electrons. The van der Waals surface area contributed by atoms with Crippen LogP contribution in [0.5, 0.6) is 0 Å². The van der Waals surface area contributed by atoms with Crippen LogP contribution in [-0.4, -0.2) is 54.6 Å². The van der Waals surface area contributed by atoms with Gasteiger partial charge in [-0.1, -0.05) is 45.4 Å². The third kappa shape index (κ3) is 6.25. The Labute approximate surface area is 132 Å². The van der Waals surface area contributed by atoms with Crippen LogP contribution in [0, 0.1) is 0 Å². The van der Waals surface area contributed by atoms with Crippen LogP contribution < -0.4 is 5.73 Å². The van der Waals surface area contributed by atoms with Gasteiger partial charge in [-0.05, 0) is 51.9 Å². The van der Waals surface area contributed by atoms with Gasteiger partial charge in [-0.3, -0.25) is 4.90 Å². The summed E-state index contributed by atoms with van der Waals surface area (Å²) in [7, 11) is 0. The number of hydrogen-bond donors (Lipinski definition) is 1. The van der Waals surface area contributed by atoms with Crippen molar-refractivity contribution in [1.82, 2.24) is 9.80 Å². The van der Waals surface area contributed by atoms with Gasteiger partial charge in [0.05, 0.1) is 0 Å². The van der Waals surface area contributed by atoms with Gasteiger partial charge in [0.25, 0.3) is 0 Å². The number of piperidine rings is 1. The Hall–Kier alpha value is -0.120. The SMILES string of the molecule is CCCCCCCCCN1CCC(N2CCC(N)CC2)C1. The lowest BCUT2D eigenvalue weighted by atomic mass is 10.0. The Morgan fingerprint density at radius 2 is 1.52 bits per heavy atom. The first-order valence-corrected chi connectivity index (χ1v) is 9.51. The van der Waals surface area contributed by atoms with Crippen LogP contribution in [0.2, 0.25) is 0 Å². The lowest BCUT2D eigenvalue weighted by molar-refractivity contribution is 0.152. The van der Waals surface area contributed by atoms with Crippen molar-refractivity contribution in [3.05, 3.63) is 0 Å². The van der Waals surface area contributed by atoms with E-state index in [-0.39, 0.29) is 0 Å². The van der Waals surface area contributed by atoms with Crippen molar-refractivity contribution < 1.29 is 0 Å². The molecule has 2 heterocycles. The number of unbranched alkanes of at least 4 members (excludes halogenated alkanes) is 6. The highest BCUT2D eigenvalue weighted by Crippen LogP contribution is 2.20. The second kappa shape index (κ2) is 9.81. The van der Waals surface area contributed by atoms with E-state index < -0.39 is 0 Å². The molecule has 0 amide bonds. The van der Waals surface area contributed by atoms with Crippen molar-refractivity contribution in [3.8, 4) is 0 Å². The maximum atomic E-state index is 6.01. The number of hydrogen-bond acceptors (Lipinski definition) is 3. The Kier molecular flexibility index (Phi) is 8.05. The fraction of sp³-hybridized carbons (Fsp3) is 1.00. The van der Waals surface area contributed by atoms with Crippen LogP contribution in [0.25, 0.3) is 0 Å². The van der Waals surface area contributed by atoms with E-state index in [0.29, 0.717) is 6.04 Å². The molecule has 3 heteroatoms. The molecular formula is C18H37N3. The minimum Gasteiger partial charge on any atom is -0.328 e. The van der Waals surface area contributed by atoms with Gasteiger partial charge < -0.3 is 10.6 Å². The lowest BCUT2D eigenvalue weighted by Gasteiger charge is -2.34. The highest BCUT2D eigenvalue weighted by atomic mass is 15.3. The zero-order valence-electron chi connectivity index (χ0n) is 14.2. The van der Waals surface area contributed by atoms with E-state index in [2.05, 4.69) is 16.7 Å². The molecule has 0 aromatic carbocycles. The Morgan fingerprint density at radius 3 is 2.24 bits per heavy atom. The molecule has 0 aromatic rings. The second-order valence-electron chi connectivity index (χ2n) is 7.24. The number of nitrogens with zero attached hydrogens (tertiary/aromatic N) is 2. The van der Waals surface area contributed by atoms with E-state index in [1.165, 1.54) is 96.9 Å². The van der Waals surface area contributed by atoms with Gasteiger partial charge in [-0.2, -0.15) is 0 Å². The van der Waals surface area contributed by atoms with Crippen molar-refractivity contribution >= 4 is 0 Å². The Balaban J connectivity index is 1.50. The minimum absolute atomic E-state index is 0.464. The summed E-state index contributed by atoms with van der Waals surface area (Å²) < 4.78 is 0. The molecule has 2 saturated heterocycles. The zero-order chi connectivity index (χ0) is 14.9. The fourth-order valence-electron chi connectivity index (χ4n) is 3.89. The molecule has 0 spiro atoms. The summed E-state index contributed by atoms with van der Waals surface area (Å²) in [5, 5.41) is 0. The van der Waals surface area contributed by atoms with E-state index in [4.69, 9.17) is 5.73 Å². The molecule has 2 fully saturated rings. The average molecular weight is 296 g/mol. The van der Waals surface area contributed by atoms with Gasteiger partial charge in [0, 0.05) is 18.6 Å². The number of rotatable bonds is 9. The van der Waals surface area contributed by atoms with Gasteiger partial charge in [0.1, 0.15) is 0 Å². The summed E-state index contributed by atoms with van der Waals surface area (Å²) in [5.41, 5.74) is 6.01. The monoisotopic (exact) mass is 295 g/mol. The molecule has 124 valence electrons. The number of likely N-dealkylation sites (tertiary alicyclic amines) is 2. The largest absolute Gasteiger partial charge is 0.328 e. The average Bonchev–Trinajstić information content (AvgIpc) is 2.96. The summed E-state index contributed by atoms with van der Waals surface area (Å²) in [6, 6.07) is 1.29. The first kappa shape index (κ1) is 17.2. The molecule has 3 nitrogen and oxygen atoms in total. The number of nitrogens with two attached hydrogens (primary N) is 1. The summed E-state index contributed by atoms with van der Waals surface area (Å²) >= 11 is 0. The highest BCUT2D eigenvalue weighted by Gasteiger charge is 2.29. The molecule has 2 N–H and O–H groups in total. The molecule has 1 atom stereocenters. The van der Waals surface area contributed by atoms with Crippen LogP contribution >= 0.6 is 0 Å². The molecule has 0 aliphatic carbocycles. The van der Waals surface area contributed by atoms with E-state index >= 15 is 0 Å². The van der Waals surface area contributed by atoms with Crippen molar-refractivity contribution in [2.45, 2.75) is 83.2 Å². The molecule has 2 rings (SSSR count). The standard InChI is InChI=1S/C18H37N3/c1-2-3-4-5-6-7-8-12-20-13-11-18(16-20)21-14-9-17(19)10-15-21/h17-18H,2-16,19H2,1H3. The van der Waals surface area contributed by atoms with Crippen LogP contribution in [0.15, 0.2) is 0 Å². The fourth-order valence-corrected chi connectivity index (χ4v) is 3.89. The minimum atomic E-state index is 0.464. The van der Waals surface area contributed by atoms with E-state index in [9.17, 15) is 0 Å². The van der Waals surface area contributed by atoms with Crippen LogP contribution in [0.1, 0.15) is 71.1 Å². The predicted octanol–water partition coefficient (Wildman–Crippen LogP) is 3.23. The smallest absolute Gasteiger partial charge is 0.0235 e. The van der Waals surface area contributed by atoms with Crippen LogP contribution in [0.3, 0.4) is 0 Å². The van der Waals surface area contributed by atoms with Crippen molar-refractivity contribution in [2.75, 3.05) is 32.7 Å². The third-order valence-electron chi connectivity index (χ3n) is 5.42. The molecule has 2 aliphatic heterocycles. The third-order valence-corrected chi connectivity index (χ3v) is 5.42. The van der Waals surface area contributed by atoms with Gasteiger partial charge in [0.15, 0.2) is 0 Å². The molecule has 0 aromatic heterocycles. The van der Waals surface area contributed by atoms with Gasteiger partial charge in [-0.25, -0.2) is 0 Å². The topological polar surface area (TPSA) is 32.5 Å². The second-order valence-corrected chi connectivity index (χ2v) is 7.24. The molecule has 1 unspecified atom stereocenters. The normalized spacial score (nSPS) is 25.7. The molecular weight excluding hydrogens is 258 g/mol. The van der Waals surface area contributed by atoms with E-state index in [1.807, 2.05) is 0 Å². The van der Waals surface area contributed by atoms with Crippen molar-refractivity contribution in [1.29, 1.82) is 0 Å². The van der Waals surface area contributed by atoms with Crippen LogP contribution in [0.4, 0.5) is 0 Å². The maximum absolute atomic E-state index is 6.01. The van der Waals surface area contributed by atoms with Crippen molar-refractivity contribution in [3.63, 3.8) is 0 Å². The van der Waals surface area contributed by atoms with Gasteiger partial charge in [-0.15, -0.1) is 0 Å². The lowest BCUT2D eigenvalue weighted by Crippen LogP contribution is -2.46. The summed E-state index contributed by atoms with van der Waals surface area (Å²) in [6.45, 7) is 8.72. The summed E-state index contributed by atoms with van der Waals surface area (Å²) in [5.74, 6) is 0. The maximum Gasteiger partial charge on any atom is 0.0235 e. The first-order chi connectivity index (χ1) is 10.3. The summed E-state index contributed by atoms with van der Waals surface area (Å²) in [4.78, 5) is 5.40. The zero-order valence-corrected chi connectivity index (χ0v) is 14.2. The van der Waals surface area contributed by atoms with Crippen molar-refractivity contribution in [2.24, 2.45) is 5.73 Å². The van der Waals surface area contributed by atoms with E-state index in [1.54, 1.807) is 0 Å². The van der Waals surface area contributed by atoms with Gasteiger partial charge >= 0.3 is 0 Å². The quantitative estimate of drug-likeness (QED) is 0.663. The highest BCUT2D eigenvalue weighted by molar-refractivity contribution is 4.86. The molecule has 2 aliphatic rings. The molecule has 0 saturated carbocycles. The first-order valence-electron chi connectivity index (χ1n) is 9.51. The molecule has 0 bridgehead atoms. The van der Waals surface area contributed by atoms with Crippen LogP contribution in [-0.2, 0) is 0 Å².